The predicted octanol–water partition coefficient (Wildman–Crippen LogP) is 0.553. The number of carbonyl (C=O) groups excluding carboxylic acids is 1. The molecule has 1 fully saturated rings. The molecular formula is C18H22KN5O. The number of rotatable bonds is 5. The summed E-state index contributed by atoms with van der Waals surface area (Å²) in [6, 6.07) is 11.5. The number of carbonyl (C=O) groups is 1. The fraction of sp³-hybridized carbons (Fsp3) is 0.333. The van der Waals surface area contributed by atoms with Gasteiger partial charge in [0.1, 0.15) is 11.6 Å². The Hall–Kier alpha value is -1.12. The number of nitrogens with one attached hydrogen (secondary N) is 1. The molecular weight excluding hydrogens is 341 g/mol. The fourth-order valence-electron chi connectivity index (χ4n) is 2.97. The number of primary amides is 1. The maximum atomic E-state index is 11.9. The molecule has 25 heavy (non-hydrogen) atoms. The molecule has 1 aromatic heterocycles. The Morgan fingerprint density at radius 2 is 1.88 bits per heavy atom. The summed E-state index contributed by atoms with van der Waals surface area (Å²) in [5.74, 6) is 0.753. The van der Waals surface area contributed by atoms with E-state index in [2.05, 4.69) is 20.5 Å². The summed E-state index contributed by atoms with van der Waals surface area (Å²) in [4.78, 5) is 18.9. The Morgan fingerprint density at radius 1 is 1.20 bits per heavy atom. The van der Waals surface area contributed by atoms with Gasteiger partial charge >= 0.3 is 51.4 Å². The largest absolute Gasteiger partial charge is 1.00 e. The van der Waals surface area contributed by atoms with E-state index in [4.69, 9.17) is 5.73 Å². The number of benzene rings is 1. The molecule has 2 heterocycles. The zero-order valence-corrected chi connectivity index (χ0v) is 17.9. The molecule has 1 amide bonds. The molecule has 0 radical (unpaired) electrons. The van der Waals surface area contributed by atoms with Gasteiger partial charge in [-0.3, -0.25) is 4.79 Å². The molecule has 0 aliphatic carbocycles. The van der Waals surface area contributed by atoms with Gasteiger partial charge in [-0.1, -0.05) is 18.2 Å². The molecule has 2 aromatic rings. The van der Waals surface area contributed by atoms with Crippen LogP contribution in [-0.4, -0.2) is 31.0 Å². The van der Waals surface area contributed by atoms with Crippen LogP contribution in [0.25, 0.3) is 5.32 Å². The van der Waals surface area contributed by atoms with Gasteiger partial charge in [0.25, 0.3) is 5.91 Å². The third-order valence-corrected chi connectivity index (χ3v) is 4.19. The Bertz CT molecular complexity index is 717. The number of amides is 1. The average molecular weight is 364 g/mol. The summed E-state index contributed by atoms with van der Waals surface area (Å²) >= 11 is 0. The monoisotopic (exact) mass is 363 g/mol. The van der Waals surface area contributed by atoms with Gasteiger partial charge in [-0.15, -0.1) is 12.7 Å². The van der Waals surface area contributed by atoms with Gasteiger partial charge < -0.3 is 21.3 Å². The van der Waals surface area contributed by atoms with Crippen LogP contribution in [-0.2, 0) is 0 Å². The average Bonchev–Trinajstić information content (AvgIpc) is 2.62. The van der Waals surface area contributed by atoms with Crippen LogP contribution >= 0.6 is 0 Å². The normalized spacial score (nSPS) is 13.7. The van der Waals surface area contributed by atoms with Crippen LogP contribution in [0, 0.1) is 0 Å². The van der Waals surface area contributed by atoms with E-state index in [0.29, 0.717) is 17.1 Å². The molecule has 0 spiro atoms. The molecule has 1 saturated heterocycles. The predicted molar refractivity (Wildman–Crippen MR) is 97.5 cm³/mol. The second-order valence-corrected chi connectivity index (χ2v) is 5.85. The Kier molecular flexibility index (Phi) is 7.70. The van der Waals surface area contributed by atoms with Gasteiger partial charge in [0.2, 0.25) is 0 Å². The van der Waals surface area contributed by atoms with Crippen molar-refractivity contribution in [3.8, 4) is 0 Å². The van der Waals surface area contributed by atoms with Crippen molar-refractivity contribution in [3.05, 3.63) is 47.3 Å². The van der Waals surface area contributed by atoms with Crippen LogP contribution in [0.1, 0.15) is 29.6 Å². The van der Waals surface area contributed by atoms with Crippen LogP contribution in [0.5, 0.6) is 0 Å². The van der Waals surface area contributed by atoms with E-state index >= 15 is 0 Å². The molecule has 0 unspecified atom stereocenters. The molecule has 3 rings (SSSR count). The number of pyridine rings is 1. The summed E-state index contributed by atoms with van der Waals surface area (Å²) in [7, 11) is 1.66. The second-order valence-electron chi connectivity index (χ2n) is 5.85. The van der Waals surface area contributed by atoms with Crippen molar-refractivity contribution < 1.29 is 56.2 Å². The summed E-state index contributed by atoms with van der Waals surface area (Å²) in [5.41, 5.74) is 7.32. The maximum Gasteiger partial charge on any atom is 1.00 e. The van der Waals surface area contributed by atoms with E-state index in [1.54, 1.807) is 7.05 Å². The minimum Gasteiger partial charge on any atom is -0.686 e. The number of anilines is 3. The van der Waals surface area contributed by atoms with Gasteiger partial charge in [-0.05, 0) is 37.5 Å². The first-order chi connectivity index (χ1) is 11.7. The van der Waals surface area contributed by atoms with Crippen molar-refractivity contribution in [2.75, 3.05) is 30.4 Å². The van der Waals surface area contributed by atoms with Crippen LogP contribution < -0.4 is 67.3 Å². The minimum atomic E-state index is -0.535. The molecule has 1 aliphatic rings. The quantitative estimate of drug-likeness (QED) is 0.760. The summed E-state index contributed by atoms with van der Waals surface area (Å²) < 4.78 is 0. The topological polar surface area (TPSA) is 85.3 Å². The van der Waals surface area contributed by atoms with E-state index in [1.165, 1.54) is 6.42 Å². The summed E-state index contributed by atoms with van der Waals surface area (Å²) in [6.07, 6.45) is 3.55. The van der Waals surface area contributed by atoms with E-state index in [-0.39, 0.29) is 51.4 Å². The fourth-order valence-corrected chi connectivity index (χ4v) is 2.97. The molecule has 3 N–H and O–H groups in total. The van der Waals surface area contributed by atoms with Crippen LogP contribution in [0.4, 0.5) is 23.0 Å². The Balaban J connectivity index is 0.00000225. The summed E-state index contributed by atoms with van der Waals surface area (Å²) in [5, 5.41) is 7.45. The standard InChI is InChI=1S/C18H23N5O.K/c1-20-14-12-15(23-10-6-3-7-11-23)22-18(16(14)17(19)24)21-13-8-4-2-5-9-13;/h2,4-5,8-9,12H,3,6-7,10-11H2,1H3,(H4,19,20,21,22,24);/q;+1/p-1. The first-order valence-electron chi connectivity index (χ1n) is 8.20. The number of hydrogen-bond donors (Lipinski definition) is 2. The number of nitrogens with two attached hydrogens (primary N) is 1. The molecule has 0 saturated carbocycles. The molecule has 126 valence electrons. The minimum absolute atomic E-state index is 0. The van der Waals surface area contributed by atoms with E-state index < -0.39 is 5.91 Å². The van der Waals surface area contributed by atoms with E-state index in [0.717, 1.165) is 37.4 Å². The SMILES string of the molecule is C[N-]c1cc(N2CCCCC2)nc(Nc2ccccc2)c1C(N)=O.[K+]. The third-order valence-electron chi connectivity index (χ3n) is 4.19. The van der Waals surface area contributed by atoms with Gasteiger partial charge in [-0.25, -0.2) is 4.98 Å². The van der Waals surface area contributed by atoms with E-state index in [1.807, 2.05) is 36.4 Å². The van der Waals surface area contributed by atoms with Crippen molar-refractivity contribution in [2.24, 2.45) is 5.73 Å². The Morgan fingerprint density at radius 3 is 2.48 bits per heavy atom. The van der Waals surface area contributed by atoms with Crippen molar-refractivity contribution in [3.63, 3.8) is 0 Å². The molecule has 0 atom stereocenters. The molecule has 7 heteroatoms. The first kappa shape index (κ1) is 20.2. The third kappa shape index (κ3) is 4.95. The van der Waals surface area contributed by atoms with Gasteiger partial charge in [-0.2, -0.15) is 0 Å². The number of nitrogens with zero attached hydrogens (tertiary/aromatic N) is 3. The van der Waals surface area contributed by atoms with Crippen LogP contribution in [0.3, 0.4) is 0 Å². The first-order valence-corrected chi connectivity index (χ1v) is 8.20. The number of hydrogen-bond acceptors (Lipinski definition) is 4. The zero-order valence-electron chi connectivity index (χ0n) is 14.8. The van der Waals surface area contributed by atoms with Crippen LogP contribution in [0.2, 0.25) is 0 Å². The van der Waals surface area contributed by atoms with Crippen molar-refractivity contribution >= 4 is 28.9 Å². The number of para-hydroxylation sites is 1. The van der Waals surface area contributed by atoms with Crippen LogP contribution in [0.15, 0.2) is 36.4 Å². The van der Waals surface area contributed by atoms with Crippen molar-refractivity contribution in [1.82, 2.24) is 4.98 Å². The van der Waals surface area contributed by atoms with E-state index in [9.17, 15) is 4.79 Å². The zero-order chi connectivity index (χ0) is 16.9. The number of piperidine rings is 1. The molecule has 1 aliphatic heterocycles. The maximum absolute atomic E-state index is 11.9. The van der Waals surface area contributed by atoms with Crippen molar-refractivity contribution in [1.29, 1.82) is 0 Å². The van der Waals surface area contributed by atoms with Gasteiger partial charge in [0.15, 0.2) is 0 Å². The Labute approximate surface area is 191 Å². The van der Waals surface area contributed by atoms with Crippen molar-refractivity contribution in [2.45, 2.75) is 19.3 Å². The summed E-state index contributed by atoms with van der Waals surface area (Å²) in [6.45, 7) is 1.94. The molecule has 0 bridgehead atoms. The smallest absolute Gasteiger partial charge is 0.686 e. The number of aromatic nitrogens is 1. The second kappa shape index (κ2) is 9.54. The molecule has 1 aromatic carbocycles. The molecule has 6 nitrogen and oxygen atoms in total. The van der Waals surface area contributed by atoms with Gasteiger partial charge in [0.05, 0.1) is 5.56 Å². The van der Waals surface area contributed by atoms with Gasteiger partial charge in [0, 0.05) is 18.8 Å².